The van der Waals surface area contributed by atoms with E-state index in [0.717, 1.165) is 44.9 Å². The van der Waals surface area contributed by atoms with Crippen molar-refractivity contribution in [2.75, 3.05) is 4.90 Å². The van der Waals surface area contributed by atoms with Crippen molar-refractivity contribution in [1.29, 1.82) is 0 Å². The van der Waals surface area contributed by atoms with Gasteiger partial charge in [-0.15, -0.1) is 0 Å². The van der Waals surface area contributed by atoms with Crippen molar-refractivity contribution in [1.82, 2.24) is 0 Å². The van der Waals surface area contributed by atoms with E-state index in [-0.39, 0.29) is 10.8 Å². The molecule has 9 aromatic rings. The first-order valence-electron chi connectivity index (χ1n) is 22.0. The van der Waals surface area contributed by atoms with Gasteiger partial charge in [-0.2, -0.15) is 0 Å². The first-order valence-corrected chi connectivity index (χ1v) is 22.0. The summed E-state index contributed by atoms with van der Waals surface area (Å²) >= 11 is 0. The van der Waals surface area contributed by atoms with Gasteiger partial charge in [0.1, 0.15) is 11.3 Å². The predicted octanol–water partition coefficient (Wildman–Crippen LogP) is 17.0. The zero-order valence-electron chi connectivity index (χ0n) is 36.5. The van der Waals surface area contributed by atoms with Crippen LogP contribution in [0.1, 0.15) is 61.3 Å². The zero-order valence-corrected chi connectivity index (χ0v) is 36.5. The number of para-hydroxylation sites is 1. The van der Waals surface area contributed by atoms with Crippen LogP contribution in [-0.2, 0) is 10.8 Å². The Kier molecular flexibility index (Phi) is 8.92. The summed E-state index contributed by atoms with van der Waals surface area (Å²) in [6, 6.07) is 64.8. The number of furan rings is 1. The Bertz CT molecular complexity index is 3190. The van der Waals surface area contributed by atoms with Gasteiger partial charge in [0.25, 0.3) is 0 Å². The molecular formula is C61H49NO. The molecule has 0 fully saturated rings. The van der Waals surface area contributed by atoms with Crippen LogP contribution in [0.4, 0.5) is 17.1 Å². The van der Waals surface area contributed by atoms with Crippen LogP contribution in [-0.4, -0.2) is 0 Å². The molecule has 304 valence electrons. The quantitative estimate of drug-likeness (QED) is 0.142. The van der Waals surface area contributed by atoms with Gasteiger partial charge >= 0.3 is 0 Å². The summed E-state index contributed by atoms with van der Waals surface area (Å²) in [4.78, 5) is 2.41. The second kappa shape index (κ2) is 14.6. The number of nitrogens with zero attached hydrogens (tertiary/aromatic N) is 1. The molecule has 8 aromatic carbocycles. The van der Waals surface area contributed by atoms with E-state index in [1.165, 1.54) is 72.3 Å². The molecule has 11 rings (SSSR count). The lowest BCUT2D eigenvalue weighted by Gasteiger charge is -2.28. The number of allylic oxidation sites excluding steroid dienone is 2. The first-order chi connectivity index (χ1) is 30.6. The molecule has 0 amide bonds. The van der Waals surface area contributed by atoms with E-state index >= 15 is 0 Å². The molecule has 1 heterocycles. The van der Waals surface area contributed by atoms with E-state index in [2.05, 4.69) is 228 Å². The average molecular weight is 812 g/mol. The van der Waals surface area contributed by atoms with Gasteiger partial charge in [0.15, 0.2) is 0 Å². The van der Waals surface area contributed by atoms with E-state index in [4.69, 9.17) is 4.42 Å². The largest absolute Gasteiger partial charge is 0.460 e. The Balaban J connectivity index is 1.03. The van der Waals surface area contributed by atoms with Crippen LogP contribution in [0.25, 0.3) is 72.7 Å². The number of hydrogen-bond acceptors (Lipinski definition) is 2. The summed E-state index contributed by atoms with van der Waals surface area (Å²) < 4.78 is 6.59. The van der Waals surface area contributed by atoms with Gasteiger partial charge in [-0.3, -0.25) is 0 Å². The molecule has 0 radical (unpaired) electrons. The second-order valence-electron chi connectivity index (χ2n) is 18.2. The lowest BCUT2D eigenvalue weighted by Crippen LogP contribution is -2.17. The molecule has 2 heteroatoms. The van der Waals surface area contributed by atoms with Gasteiger partial charge in [-0.05, 0) is 128 Å². The fraction of sp³-hybridized carbons (Fsp3) is 0.115. The van der Waals surface area contributed by atoms with Crippen molar-refractivity contribution in [3.63, 3.8) is 0 Å². The summed E-state index contributed by atoms with van der Waals surface area (Å²) in [5.74, 6) is 0.910. The van der Waals surface area contributed by atoms with Crippen LogP contribution in [0, 0.1) is 6.92 Å². The molecular weight excluding hydrogens is 763 g/mol. The smallest absolute Gasteiger partial charge is 0.142 e. The number of benzene rings is 8. The molecule has 2 nitrogen and oxygen atoms in total. The molecule has 2 aliphatic rings. The number of anilines is 3. The molecule has 0 unspecified atom stereocenters. The van der Waals surface area contributed by atoms with Gasteiger partial charge in [-0.1, -0.05) is 180 Å². The Hall–Kier alpha value is -7.42. The Morgan fingerprint density at radius 1 is 0.460 bits per heavy atom. The van der Waals surface area contributed by atoms with Gasteiger partial charge in [-0.25, -0.2) is 0 Å². The lowest BCUT2D eigenvalue weighted by atomic mass is 9.79. The minimum absolute atomic E-state index is 0.192. The second-order valence-corrected chi connectivity index (χ2v) is 18.2. The standard InChI is InChI=1S/C61H49NO/c1-7-8-21-47-39(2)63-59-50(47)23-15-24-51(59)49-22-16-25-54-58(49)53-38-56-52(37-57(53)60(54,3)4)48-35-34-46(36-55(48)61(56,5)6)62(44-30-26-42(27-31-44)40-17-11-9-12-18-40)45-32-28-43(29-33-45)41-19-13-10-14-20-41/h7-38H,1H2,2-6H3/b21-8-. The summed E-state index contributed by atoms with van der Waals surface area (Å²) in [5.41, 5.74) is 22.8. The van der Waals surface area contributed by atoms with Crippen molar-refractivity contribution in [2.45, 2.75) is 45.4 Å². The highest BCUT2D eigenvalue weighted by molar-refractivity contribution is 6.04. The van der Waals surface area contributed by atoms with Crippen molar-refractivity contribution < 1.29 is 4.42 Å². The molecule has 0 bridgehead atoms. The third-order valence-corrected chi connectivity index (χ3v) is 13.8. The fourth-order valence-corrected chi connectivity index (χ4v) is 10.5. The Morgan fingerprint density at radius 3 is 1.62 bits per heavy atom. The van der Waals surface area contributed by atoms with Crippen molar-refractivity contribution in [2.24, 2.45) is 0 Å². The predicted molar refractivity (Wildman–Crippen MR) is 266 cm³/mol. The molecule has 0 aliphatic heterocycles. The highest BCUT2D eigenvalue weighted by Crippen LogP contribution is 2.58. The van der Waals surface area contributed by atoms with Gasteiger partial charge in [0.2, 0.25) is 0 Å². The Labute approximate surface area is 371 Å². The maximum absolute atomic E-state index is 6.59. The van der Waals surface area contributed by atoms with Crippen molar-refractivity contribution >= 4 is 34.1 Å². The maximum atomic E-state index is 6.59. The highest BCUT2D eigenvalue weighted by Gasteiger charge is 2.43. The minimum atomic E-state index is -0.248. The van der Waals surface area contributed by atoms with Crippen molar-refractivity contribution in [3.8, 4) is 55.6 Å². The Morgan fingerprint density at radius 2 is 0.984 bits per heavy atom. The normalized spacial score (nSPS) is 14.0. The van der Waals surface area contributed by atoms with E-state index in [0.29, 0.717) is 0 Å². The molecule has 0 saturated heterocycles. The average Bonchev–Trinajstić information content (AvgIpc) is 3.85. The number of aryl methyl sites for hydroxylation is 1. The summed E-state index contributed by atoms with van der Waals surface area (Å²) in [7, 11) is 0. The first kappa shape index (κ1) is 38.5. The van der Waals surface area contributed by atoms with Crippen LogP contribution in [0.5, 0.6) is 0 Å². The topological polar surface area (TPSA) is 16.4 Å². The monoisotopic (exact) mass is 811 g/mol. The third-order valence-electron chi connectivity index (χ3n) is 13.8. The number of fused-ring (bicyclic) bond motifs is 7. The van der Waals surface area contributed by atoms with E-state index < -0.39 is 0 Å². The highest BCUT2D eigenvalue weighted by atomic mass is 16.3. The summed E-state index contributed by atoms with van der Waals surface area (Å²) in [5, 5.41) is 1.12. The van der Waals surface area contributed by atoms with Crippen LogP contribution in [0.3, 0.4) is 0 Å². The van der Waals surface area contributed by atoms with Crippen LogP contribution < -0.4 is 4.90 Å². The molecule has 0 spiro atoms. The maximum Gasteiger partial charge on any atom is 0.142 e. The summed E-state index contributed by atoms with van der Waals surface area (Å²) in [6.07, 6.45) is 5.90. The molecule has 63 heavy (non-hydrogen) atoms. The van der Waals surface area contributed by atoms with Crippen LogP contribution >= 0.6 is 0 Å². The molecule has 0 saturated carbocycles. The van der Waals surface area contributed by atoms with Crippen LogP contribution in [0.15, 0.2) is 199 Å². The van der Waals surface area contributed by atoms with Crippen molar-refractivity contribution in [3.05, 3.63) is 228 Å². The molecule has 2 aliphatic carbocycles. The number of rotatable bonds is 8. The minimum Gasteiger partial charge on any atom is -0.460 e. The third kappa shape index (κ3) is 6.08. The van der Waals surface area contributed by atoms with Gasteiger partial charge in [0.05, 0.1) is 0 Å². The van der Waals surface area contributed by atoms with E-state index in [9.17, 15) is 0 Å². The van der Waals surface area contributed by atoms with E-state index in [1.54, 1.807) is 0 Å². The zero-order chi connectivity index (χ0) is 43.0. The van der Waals surface area contributed by atoms with Gasteiger partial charge < -0.3 is 9.32 Å². The molecule has 0 N–H and O–H groups in total. The molecule has 1 aromatic heterocycles. The molecule has 0 atom stereocenters. The van der Waals surface area contributed by atoms with E-state index in [1.807, 2.05) is 12.2 Å². The SMILES string of the molecule is C=C/C=C\c1c(C)oc2c(-c3cccc4c3-c3cc5c(cc3C4(C)C)-c3ccc(N(c4ccc(-c6ccccc6)cc4)c4ccc(-c6ccccc6)cc4)cc3C5(C)C)cccc12. The van der Waals surface area contributed by atoms with Crippen LogP contribution in [0.2, 0.25) is 0 Å². The summed E-state index contributed by atoms with van der Waals surface area (Å²) in [6.45, 7) is 15.5. The van der Waals surface area contributed by atoms with Gasteiger partial charge in [0, 0.05) is 44.4 Å². The lowest BCUT2D eigenvalue weighted by molar-refractivity contribution is 0.578. The number of hydrogen-bond donors (Lipinski definition) is 0. The fourth-order valence-electron chi connectivity index (χ4n) is 10.5.